The Labute approximate surface area is 121 Å². The number of urea groups is 1. The van der Waals surface area contributed by atoms with E-state index in [0.29, 0.717) is 0 Å². The molecule has 1 aromatic carbocycles. The molecule has 0 saturated heterocycles. The Kier molecular flexibility index (Phi) is 6.87. The van der Waals surface area contributed by atoms with Crippen LogP contribution in [0, 0.1) is 0 Å². The number of anilines is 2. The topological polar surface area (TPSA) is 56.4 Å². The van der Waals surface area contributed by atoms with Gasteiger partial charge in [0.05, 0.1) is 0 Å². The van der Waals surface area contributed by atoms with Crippen LogP contribution in [-0.4, -0.2) is 44.2 Å². The lowest BCUT2D eigenvalue weighted by Gasteiger charge is -2.12. The third kappa shape index (κ3) is 6.99. The molecule has 1 aromatic rings. The molecule has 0 aliphatic rings. The van der Waals surface area contributed by atoms with E-state index in [-0.39, 0.29) is 12.1 Å². The molecule has 0 unspecified atom stereocenters. The number of amides is 2. The van der Waals surface area contributed by atoms with Crippen molar-refractivity contribution >= 4 is 17.4 Å². The minimum atomic E-state index is -0.174. The number of hydrogen-bond donors (Lipinski definition) is 3. The van der Waals surface area contributed by atoms with Crippen LogP contribution in [0.3, 0.4) is 0 Å². The molecule has 1 rings (SSSR count). The minimum Gasteiger partial charge on any atom is -0.385 e. The predicted octanol–water partition coefficient (Wildman–Crippen LogP) is 2.58. The van der Waals surface area contributed by atoms with Crippen molar-refractivity contribution in [3.63, 3.8) is 0 Å². The smallest absolute Gasteiger partial charge is 0.319 e. The first kappa shape index (κ1) is 16.3. The fraction of sp³-hybridized carbons (Fsp3) is 0.533. The monoisotopic (exact) mass is 278 g/mol. The summed E-state index contributed by atoms with van der Waals surface area (Å²) in [5.74, 6) is 0. The van der Waals surface area contributed by atoms with E-state index in [0.717, 1.165) is 30.9 Å². The summed E-state index contributed by atoms with van der Waals surface area (Å²) in [5, 5.41) is 8.94. The van der Waals surface area contributed by atoms with Gasteiger partial charge >= 0.3 is 6.03 Å². The van der Waals surface area contributed by atoms with Gasteiger partial charge < -0.3 is 20.9 Å². The predicted molar refractivity (Wildman–Crippen MR) is 85.4 cm³/mol. The van der Waals surface area contributed by atoms with Crippen LogP contribution in [0.5, 0.6) is 0 Å². The van der Waals surface area contributed by atoms with E-state index in [9.17, 15) is 4.79 Å². The molecule has 0 aliphatic carbocycles. The van der Waals surface area contributed by atoms with Crippen molar-refractivity contribution in [3.05, 3.63) is 24.3 Å². The molecule has 0 atom stereocenters. The molecule has 112 valence electrons. The lowest BCUT2D eigenvalue weighted by molar-refractivity contribution is 0.250. The molecule has 0 radical (unpaired) electrons. The van der Waals surface area contributed by atoms with Crippen molar-refractivity contribution in [1.82, 2.24) is 10.2 Å². The van der Waals surface area contributed by atoms with Gasteiger partial charge in [-0.2, -0.15) is 0 Å². The molecule has 0 spiro atoms. The zero-order valence-electron chi connectivity index (χ0n) is 12.9. The highest BCUT2D eigenvalue weighted by Gasteiger charge is 2.02. The van der Waals surface area contributed by atoms with Crippen LogP contribution in [-0.2, 0) is 0 Å². The van der Waals surface area contributed by atoms with Gasteiger partial charge in [0.1, 0.15) is 0 Å². The maximum absolute atomic E-state index is 11.5. The molecular formula is C15H26N4O. The molecule has 0 aromatic heterocycles. The molecule has 0 saturated carbocycles. The van der Waals surface area contributed by atoms with Crippen LogP contribution in [0.1, 0.15) is 20.3 Å². The lowest BCUT2D eigenvalue weighted by Crippen LogP contribution is -2.34. The van der Waals surface area contributed by atoms with E-state index in [1.54, 1.807) is 0 Å². The summed E-state index contributed by atoms with van der Waals surface area (Å²) in [6.07, 6.45) is 1.10. The molecule has 0 heterocycles. The first-order valence-corrected chi connectivity index (χ1v) is 7.03. The molecule has 2 amide bonds. The zero-order valence-corrected chi connectivity index (χ0v) is 12.9. The Bertz CT molecular complexity index is 401. The highest BCUT2D eigenvalue weighted by molar-refractivity contribution is 5.89. The lowest BCUT2D eigenvalue weighted by atomic mass is 10.2. The average molecular weight is 278 g/mol. The van der Waals surface area contributed by atoms with Gasteiger partial charge in [-0.25, -0.2) is 4.79 Å². The van der Waals surface area contributed by atoms with Gasteiger partial charge in [-0.1, -0.05) is 0 Å². The maximum Gasteiger partial charge on any atom is 0.319 e. The SMILES string of the molecule is CC(C)NC(=O)Nc1ccc(NCCCN(C)C)cc1. The normalized spacial score (nSPS) is 10.7. The van der Waals surface area contributed by atoms with Gasteiger partial charge in [0.25, 0.3) is 0 Å². The summed E-state index contributed by atoms with van der Waals surface area (Å²) in [7, 11) is 4.14. The molecule has 3 N–H and O–H groups in total. The summed E-state index contributed by atoms with van der Waals surface area (Å²) in [5.41, 5.74) is 1.86. The standard InChI is InChI=1S/C15H26N4O/c1-12(2)17-15(20)18-14-8-6-13(7-9-14)16-10-5-11-19(3)4/h6-9,12,16H,5,10-11H2,1-4H3,(H2,17,18,20). The van der Waals surface area contributed by atoms with Gasteiger partial charge in [-0.15, -0.1) is 0 Å². The molecule has 20 heavy (non-hydrogen) atoms. The van der Waals surface area contributed by atoms with Crippen molar-refractivity contribution in [3.8, 4) is 0 Å². The highest BCUT2D eigenvalue weighted by atomic mass is 16.2. The second kappa shape index (κ2) is 8.43. The molecular weight excluding hydrogens is 252 g/mol. The van der Waals surface area contributed by atoms with E-state index < -0.39 is 0 Å². The Balaban J connectivity index is 2.34. The van der Waals surface area contributed by atoms with E-state index in [1.165, 1.54) is 0 Å². The number of nitrogens with zero attached hydrogens (tertiary/aromatic N) is 1. The maximum atomic E-state index is 11.5. The van der Waals surface area contributed by atoms with Gasteiger partial charge in [-0.05, 0) is 65.2 Å². The van der Waals surface area contributed by atoms with E-state index >= 15 is 0 Å². The quantitative estimate of drug-likeness (QED) is 0.672. The molecule has 5 heteroatoms. The first-order chi connectivity index (χ1) is 9.47. The van der Waals surface area contributed by atoms with Crippen LogP contribution in [0.4, 0.5) is 16.2 Å². The molecule has 0 aliphatic heterocycles. The summed E-state index contributed by atoms with van der Waals surface area (Å²) < 4.78 is 0. The first-order valence-electron chi connectivity index (χ1n) is 7.03. The van der Waals surface area contributed by atoms with Gasteiger partial charge in [-0.3, -0.25) is 0 Å². The molecule has 0 fully saturated rings. The Morgan fingerprint density at radius 2 is 1.75 bits per heavy atom. The zero-order chi connectivity index (χ0) is 15.0. The third-order valence-electron chi connectivity index (χ3n) is 2.67. The van der Waals surface area contributed by atoms with Gasteiger partial charge in [0.2, 0.25) is 0 Å². The van der Waals surface area contributed by atoms with E-state index in [2.05, 4.69) is 34.9 Å². The number of rotatable bonds is 7. The van der Waals surface area contributed by atoms with Crippen LogP contribution in [0.25, 0.3) is 0 Å². The number of nitrogens with one attached hydrogen (secondary N) is 3. The van der Waals surface area contributed by atoms with Crippen molar-refractivity contribution in [2.24, 2.45) is 0 Å². The largest absolute Gasteiger partial charge is 0.385 e. The van der Waals surface area contributed by atoms with Crippen molar-refractivity contribution in [1.29, 1.82) is 0 Å². The Morgan fingerprint density at radius 1 is 1.15 bits per heavy atom. The van der Waals surface area contributed by atoms with Crippen LogP contribution in [0.15, 0.2) is 24.3 Å². The van der Waals surface area contributed by atoms with Crippen LogP contribution in [0.2, 0.25) is 0 Å². The van der Waals surface area contributed by atoms with E-state index in [4.69, 9.17) is 0 Å². The van der Waals surface area contributed by atoms with Crippen molar-refractivity contribution in [2.45, 2.75) is 26.3 Å². The number of carbonyl (C=O) groups is 1. The number of hydrogen-bond acceptors (Lipinski definition) is 3. The second-order valence-corrected chi connectivity index (χ2v) is 5.41. The van der Waals surface area contributed by atoms with Crippen LogP contribution < -0.4 is 16.0 Å². The summed E-state index contributed by atoms with van der Waals surface area (Å²) >= 11 is 0. The fourth-order valence-corrected chi connectivity index (χ4v) is 1.73. The van der Waals surface area contributed by atoms with Crippen molar-refractivity contribution < 1.29 is 4.79 Å². The highest BCUT2D eigenvalue weighted by Crippen LogP contribution is 2.13. The Hall–Kier alpha value is -1.75. The summed E-state index contributed by atoms with van der Waals surface area (Å²) in [6.45, 7) is 5.88. The van der Waals surface area contributed by atoms with Crippen molar-refractivity contribution in [2.75, 3.05) is 37.8 Å². The summed E-state index contributed by atoms with van der Waals surface area (Å²) in [4.78, 5) is 13.7. The number of carbonyl (C=O) groups excluding carboxylic acids is 1. The number of benzene rings is 1. The van der Waals surface area contributed by atoms with E-state index in [1.807, 2.05) is 38.1 Å². The minimum absolute atomic E-state index is 0.132. The fourth-order valence-electron chi connectivity index (χ4n) is 1.73. The second-order valence-electron chi connectivity index (χ2n) is 5.41. The average Bonchev–Trinajstić information content (AvgIpc) is 2.35. The van der Waals surface area contributed by atoms with Gasteiger partial charge in [0.15, 0.2) is 0 Å². The molecule has 5 nitrogen and oxygen atoms in total. The summed E-state index contributed by atoms with van der Waals surface area (Å²) in [6, 6.07) is 7.70. The van der Waals surface area contributed by atoms with Crippen LogP contribution >= 0.6 is 0 Å². The third-order valence-corrected chi connectivity index (χ3v) is 2.67. The molecule has 0 bridgehead atoms. The Morgan fingerprint density at radius 3 is 2.30 bits per heavy atom. The van der Waals surface area contributed by atoms with Gasteiger partial charge in [0, 0.05) is 24.0 Å².